The van der Waals surface area contributed by atoms with Crippen molar-refractivity contribution in [1.82, 2.24) is 9.88 Å². The molecule has 0 saturated heterocycles. The average molecular weight is 369 g/mol. The third kappa shape index (κ3) is 5.07. The van der Waals surface area contributed by atoms with Gasteiger partial charge in [0.25, 0.3) is 0 Å². The number of ether oxygens (including phenoxy) is 2. The molecule has 0 N–H and O–H groups in total. The Morgan fingerprint density at radius 1 is 0.885 bits per heavy atom. The highest BCUT2D eigenvalue weighted by Crippen LogP contribution is 2.28. The van der Waals surface area contributed by atoms with Gasteiger partial charge in [-0.15, -0.1) is 0 Å². The first-order valence-electron chi connectivity index (χ1n) is 8.61. The molecule has 3 rings (SSSR count). The molecule has 0 aliphatic heterocycles. The van der Waals surface area contributed by atoms with Crippen LogP contribution in [0.1, 0.15) is 16.7 Å². The van der Waals surface area contributed by atoms with Crippen LogP contribution in [0.2, 0.25) is 0 Å². The average Bonchev–Trinajstić information content (AvgIpc) is 3.19. The number of thiophene rings is 1. The van der Waals surface area contributed by atoms with E-state index in [4.69, 9.17) is 9.47 Å². The second-order valence-corrected chi connectivity index (χ2v) is 6.92. The highest BCUT2D eigenvalue weighted by atomic mass is 32.1. The number of aromatic nitrogens is 1. The first-order chi connectivity index (χ1) is 12.8. The van der Waals surface area contributed by atoms with Crippen LogP contribution in [0.25, 0.3) is 0 Å². The second kappa shape index (κ2) is 9.36. The maximum Gasteiger partial charge on any atom is 0.160 e. The van der Waals surface area contributed by atoms with Crippen LogP contribution in [-0.4, -0.2) is 30.6 Å². The van der Waals surface area contributed by atoms with Gasteiger partial charge in [0.05, 0.1) is 14.2 Å². The van der Waals surface area contributed by atoms with Gasteiger partial charge in [0.15, 0.2) is 11.5 Å². The van der Waals surface area contributed by atoms with Crippen LogP contribution >= 0.6 is 11.3 Å². The van der Waals surface area contributed by atoms with Gasteiger partial charge in [-0.05, 0) is 64.2 Å². The van der Waals surface area contributed by atoms with Gasteiger partial charge in [-0.1, -0.05) is 6.07 Å². The maximum absolute atomic E-state index is 5.42. The predicted octanol–water partition coefficient (Wildman–Crippen LogP) is 4.41. The molecule has 0 unspecified atom stereocenters. The molecule has 5 heteroatoms. The molecule has 0 aliphatic carbocycles. The number of hydrogen-bond acceptors (Lipinski definition) is 5. The number of methoxy groups -OCH3 is 2. The molecule has 2 aromatic heterocycles. The molecular weight excluding hydrogens is 344 g/mol. The van der Waals surface area contributed by atoms with Gasteiger partial charge < -0.3 is 9.47 Å². The third-order valence-electron chi connectivity index (χ3n) is 4.31. The van der Waals surface area contributed by atoms with Crippen molar-refractivity contribution in [2.75, 3.05) is 20.8 Å². The van der Waals surface area contributed by atoms with Crippen LogP contribution in [0.4, 0.5) is 0 Å². The SMILES string of the molecule is COc1ccc(CCN(Cc2ccncc2)Cc2ccsc2)cc1OC. The van der Waals surface area contributed by atoms with Crippen molar-refractivity contribution in [2.45, 2.75) is 19.5 Å². The molecule has 136 valence electrons. The summed E-state index contributed by atoms with van der Waals surface area (Å²) in [4.78, 5) is 6.58. The number of hydrogen-bond donors (Lipinski definition) is 0. The van der Waals surface area contributed by atoms with Gasteiger partial charge in [-0.2, -0.15) is 11.3 Å². The first-order valence-corrected chi connectivity index (χ1v) is 9.56. The second-order valence-electron chi connectivity index (χ2n) is 6.14. The Morgan fingerprint density at radius 3 is 2.35 bits per heavy atom. The van der Waals surface area contributed by atoms with Crippen molar-refractivity contribution in [2.24, 2.45) is 0 Å². The summed E-state index contributed by atoms with van der Waals surface area (Å²) in [5, 5.41) is 4.35. The summed E-state index contributed by atoms with van der Waals surface area (Å²) in [6, 6.07) is 12.5. The Balaban J connectivity index is 1.69. The summed E-state index contributed by atoms with van der Waals surface area (Å²) in [5.74, 6) is 1.55. The fourth-order valence-electron chi connectivity index (χ4n) is 2.92. The van der Waals surface area contributed by atoms with Gasteiger partial charge in [-0.25, -0.2) is 0 Å². The number of nitrogens with zero attached hydrogens (tertiary/aromatic N) is 2. The first kappa shape index (κ1) is 18.4. The Bertz CT molecular complexity index is 791. The van der Waals surface area contributed by atoms with E-state index in [2.05, 4.69) is 51.0 Å². The lowest BCUT2D eigenvalue weighted by Gasteiger charge is -2.22. The van der Waals surface area contributed by atoms with Crippen LogP contribution in [0, 0.1) is 0 Å². The molecule has 3 aromatic rings. The normalized spacial score (nSPS) is 10.9. The zero-order chi connectivity index (χ0) is 18.2. The van der Waals surface area contributed by atoms with E-state index in [-0.39, 0.29) is 0 Å². The van der Waals surface area contributed by atoms with Crippen molar-refractivity contribution in [3.8, 4) is 11.5 Å². The lowest BCUT2D eigenvalue weighted by Crippen LogP contribution is -2.25. The Labute approximate surface area is 159 Å². The fraction of sp³-hybridized carbons (Fsp3) is 0.286. The Hall–Kier alpha value is -2.37. The van der Waals surface area contributed by atoms with E-state index < -0.39 is 0 Å². The van der Waals surface area contributed by atoms with E-state index in [0.29, 0.717) is 0 Å². The van der Waals surface area contributed by atoms with Gasteiger partial charge in [0.2, 0.25) is 0 Å². The minimum absolute atomic E-state index is 0.767. The van der Waals surface area contributed by atoms with Crippen LogP contribution in [0.5, 0.6) is 11.5 Å². The largest absolute Gasteiger partial charge is 0.493 e. The highest BCUT2D eigenvalue weighted by molar-refractivity contribution is 7.07. The zero-order valence-electron chi connectivity index (χ0n) is 15.2. The molecule has 0 atom stereocenters. The molecule has 1 aromatic carbocycles. The molecule has 2 heterocycles. The summed E-state index contributed by atoms with van der Waals surface area (Å²) in [6.45, 7) is 2.82. The van der Waals surface area contributed by atoms with Crippen LogP contribution in [-0.2, 0) is 19.5 Å². The summed E-state index contributed by atoms with van der Waals surface area (Å²) < 4.78 is 10.7. The molecule has 0 saturated carbocycles. The van der Waals surface area contributed by atoms with E-state index >= 15 is 0 Å². The van der Waals surface area contributed by atoms with Gasteiger partial charge in [0.1, 0.15) is 0 Å². The number of benzene rings is 1. The molecular formula is C21H24N2O2S. The highest BCUT2D eigenvalue weighted by Gasteiger charge is 2.10. The van der Waals surface area contributed by atoms with Crippen molar-refractivity contribution in [1.29, 1.82) is 0 Å². The van der Waals surface area contributed by atoms with Crippen molar-refractivity contribution < 1.29 is 9.47 Å². The minimum atomic E-state index is 0.767. The standard InChI is InChI=1S/C21H24N2O2S/c1-24-20-4-3-17(13-21(20)25-2)7-11-23(15-19-8-12-26-16-19)14-18-5-9-22-10-6-18/h3-6,8-10,12-13,16H,7,11,14-15H2,1-2H3. The molecule has 26 heavy (non-hydrogen) atoms. The topological polar surface area (TPSA) is 34.6 Å². The minimum Gasteiger partial charge on any atom is -0.493 e. The van der Waals surface area contributed by atoms with E-state index in [9.17, 15) is 0 Å². The van der Waals surface area contributed by atoms with Crippen LogP contribution in [0.3, 0.4) is 0 Å². The smallest absolute Gasteiger partial charge is 0.160 e. The van der Waals surface area contributed by atoms with Crippen molar-refractivity contribution in [3.63, 3.8) is 0 Å². The van der Waals surface area contributed by atoms with E-state index in [1.165, 1.54) is 16.7 Å². The summed E-state index contributed by atoms with van der Waals surface area (Å²) >= 11 is 1.74. The molecule has 0 spiro atoms. The van der Waals surface area contributed by atoms with Gasteiger partial charge in [-0.3, -0.25) is 9.88 Å². The number of pyridine rings is 1. The quantitative estimate of drug-likeness (QED) is 0.560. The van der Waals surface area contributed by atoms with E-state index in [1.807, 2.05) is 18.5 Å². The lowest BCUT2D eigenvalue weighted by atomic mass is 10.1. The van der Waals surface area contributed by atoms with Crippen LogP contribution in [0.15, 0.2) is 59.6 Å². The maximum atomic E-state index is 5.42. The van der Waals surface area contributed by atoms with Crippen LogP contribution < -0.4 is 9.47 Å². The third-order valence-corrected chi connectivity index (χ3v) is 5.04. The van der Waals surface area contributed by atoms with E-state index in [0.717, 1.165) is 37.6 Å². The molecule has 0 radical (unpaired) electrons. The van der Waals surface area contributed by atoms with E-state index in [1.54, 1.807) is 25.6 Å². The number of rotatable bonds is 9. The monoisotopic (exact) mass is 368 g/mol. The summed E-state index contributed by atoms with van der Waals surface area (Å²) in [5.41, 5.74) is 3.88. The zero-order valence-corrected chi connectivity index (χ0v) is 16.0. The summed E-state index contributed by atoms with van der Waals surface area (Å²) in [7, 11) is 3.34. The Kier molecular flexibility index (Phi) is 6.63. The molecule has 0 aliphatic rings. The van der Waals surface area contributed by atoms with Crippen molar-refractivity contribution in [3.05, 3.63) is 76.2 Å². The summed E-state index contributed by atoms with van der Waals surface area (Å²) in [6.07, 6.45) is 4.66. The molecule has 4 nitrogen and oxygen atoms in total. The molecule has 0 fully saturated rings. The Morgan fingerprint density at radius 2 is 1.65 bits per heavy atom. The molecule has 0 bridgehead atoms. The molecule has 0 amide bonds. The fourth-order valence-corrected chi connectivity index (χ4v) is 3.58. The lowest BCUT2D eigenvalue weighted by molar-refractivity contribution is 0.260. The van der Waals surface area contributed by atoms with Crippen molar-refractivity contribution >= 4 is 11.3 Å². The van der Waals surface area contributed by atoms with Gasteiger partial charge >= 0.3 is 0 Å². The van der Waals surface area contributed by atoms with Gasteiger partial charge in [0, 0.05) is 32.0 Å². The predicted molar refractivity (Wildman–Crippen MR) is 106 cm³/mol.